The maximum absolute atomic E-state index is 13.2. The van der Waals surface area contributed by atoms with Crippen molar-refractivity contribution in [2.45, 2.75) is 18.7 Å². The van der Waals surface area contributed by atoms with Gasteiger partial charge in [0.05, 0.1) is 28.0 Å². The topological polar surface area (TPSA) is 87.5 Å². The summed E-state index contributed by atoms with van der Waals surface area (Å²) in [6.45, 7) is 6.96. The Bertz CT molecular complexity index is 1250. The van der Waals surface area contributed by atoms with Crippen molar-refractivity contribution in [3.05, 3.63) is 71.8 Å². The smallest absolute Gasteiger partial charge is 0.259 e. The predicted octanol–water partition coefficient (Wildman–Crippen LogP) is 2.90. The summed E-state index contributed by atoms with van der Waals surface area (Å²) in [5.41, 5.74) is 1.92. The molecule has 0 spiro atoms. The molecule has 3 aromatic rings. The molecule has 1 aromatic heterocycles. The van der Waals surface area contributed by atoms with Crippen LogP contribution >= 0.6 is 0 Å². The van der Waals surface area contributed by atoms with E-state index in [9.17, 15) is 17.6 Å². The summed E-state index contributed by atoms with van der Waals surface area (Å²) in [6.07, 6.45) is 1.43. The first-order chi connectivity index (χ1) is 15.8. The van der Waals surface area contributed by atoms with Crippen LogP contribution in [-0.2, 0) is 10.0 Å². The summed E-state index contributed by atoms with van der Waals surface area (Å²) in [5.74, 6) is -0.768. The van der Waals surface area contributed by atoms with Gasteiger partial charge in [-0.15, -0.1) is 0 Å². The van der Waals surface area contributed by atoms with E-state index in [1.807, 2.05) is 0 Å². The van der Waals surface area contributed by atoms with E-state index in [-0.39, 0.29) is 10.7 Å². The number of rotatable bonds is 6. The van der Waals surface area contributed by atoms with Crippen molar-refractivity contribution < 1.29 is 17.6 Å². The molecule has 1 saturated heterocycles. The highest BCUT2D eigenvalue weighted by molar-refractivity contribution is 7.89. The molecule has 33 heavy (non-hydrogen) atoms. The third kappa shape index (κ3) is 4.82. The summed E-state index contributed by atoms with van der Waals surface area (Å²) in [6, 6.07) is 12.1. The number of anilines is 1. The number of halogens is 1. The number of carbonyl (C=O) groups excluding carboxylic acids is 1. The highest BCUT2D eigenvalue weighted by Gasteiger charge is 2.28. The van der Waals surface area contributed by atoms with Crippen LogP contribution < -0.4 is 5.32 Å². The number of nitrogens with one attached hydrogen (secondary N) is 1. The van der Waals surface area contributed by atoms with E-state index < -0.39 is 15.9 Å². The largest absolute Gasteiger partial charge is 0.322 e. The van der Waals surface area contributed by atoms with Gasteiger partial charge in [-0.05, 0) is 55.9 Å². The molecule has 1 amide bonds. The lowest BCUT2D eigenvalue weighted by Crippen LogP contribution is -2.48. The molecule has 8 nitrogen and oxygen atoms in total. The highest BCUT2D eigenvalue weighted by atomic mass is 32.2. The second-order valence-electron chi connectivity index (χ2n) is 7.85. The quantitative estimate of drug-likeness (QED) is 0.597. The van der Waals surface area contributed by atoms with E-state index in [0.717, 1.165) is 6.54 Å². The number of hydrogen-bond donors (Lipinski definition) is 1. The van der Waals surface area contributed by atoms with Crippen LogP contribution in [0.1, 0.15) is 23.0 Å². The van der Waals surface area contributed by atoms with Crippen molar-refractivity contribution in [3.63, 3.8) is 0 Å². The molecule has 0 atom stereocenters. The molecule has 174 valence electrons. The van der Waals surface area contributed by atoms with Crippen LogP contribution in [0.5, 0.6) is 0 Å². The normalized spacial score (nSPS) is 15.5. The maximum Gasteiger partial charge on any atom is 0.259 e. The third-order valence-corrected chi connectivity index (χ3v) is 7.73. The lowest BCUT2D eigenvalue weighted by molar-refractivity contribution is 0.102. The predicted molar refractivity (Wildman–Crippen MR) is 124 cm³/mol. The lowest BCUT2D eigenvalue weighted by atomic mass is 10.2. The summed E-state index contributed by atoms with van der Waals surface area (Å²) in [4.78, 5) is 15.2. The summed E-state index contributed by atoms with van der Waals surface area (Å²) < 4.78 is 42.4. The first-order valence-electron chi connectivity index (χ1n) is 10.7. The number of aromatic nitrogens is 2. The first kappa shape index (κ1) is 23.1. The summed E-state index contributed by atoms with van der Waals surface area (Å²) in [7, 11) is -3.65. The van der Waals surface area contributed by atoms with E-state index in [1.54, 1.807) is 35.9 Å². The minimum absolute atomic E-state index is 0.143. The second kappa shape index (κ2) is 9.42. The molecule has 0 bridgehead atoms. The molecule has 0 aliphatic carbocycles. The Hall–Kier alpha value is -3.08. The molecule has 1 aliphatic heterocycles. The zero-order valence-electron chi connectivity index (χ0n) is 18.5. The number of carbonyl (C=O) groups is 1. The number of sulfonamides is 1. The van der Waals surface area contributed by atoms with Gasteiger partial charge in [-0.25, -0.2) is 17.5 Å². The van der Waals surface area contributed by atoms with E-state index in [1.165, 1.54) is 34.8 Å². The molecular weight excluding hydrogens is 445 g/mol. The van der Waals surface area contributed by atoms with Gasteiger partial charge >= 0.3 is 0 Å². The van der Waals surface area contributed by atoms with Crippen molar-refractivity contribution in [3.8, 4) is 5.69 Å². The Kier molecular flexibility index (Phi) is 6.59. The van der Waals surface area contributed by atoms with Gasteiger partial charge in [-0.3, -0.25) is 4.79 Å². The fourth-order valence-corrected chi connectivity index (χ4v) is 5.31. The van der Waals surface area contributed by atoms with Gasteiger partial charge < -0.3 is 10.2 Å². The third-order valence-electron chi connectivity index (χ3n) is 5.83. The van der Waals surface area contributed by atoms with Gasteiger partial charge in [-0.1, -0.05) is 13.0 Å². The van der Waals surface area contributed by atoms with Gasteiger partial charge in [0.1, 0.15) is 5.82 Å². The molecule has 1 fully saturated rings. The number of benzene rings is 2. The van der Waals surface area contributed by atoms with Crippen molar-refractivity contribution in [1.82, 2.24) is 19.0 Å². The first-order valence-corrected chi connectivity index (χ1v) is 12.2. The molecule has 0 unspecified atom stereocenters. The van der Waals surface area contributed by atoms with E-state index in [4.69, 9.17) is 0 Å². The van der Waals surface area contributed by atoms with Crippen LogP contribution in [0.15, 0.2) is 59.6 Å². The summed E-state index contributed by atoms with van der Waals surface area (Å²) >= 11 is 0. The van der Waals surface area contributed by atoms with Crippen molar-refractivity contribution in [2.75, 3.05) is 38.0 Å². The minimum Gasteiger partial charge on any atom is -0.322 e. The Morgan fingerprint density at radius 1 is 1.09 bits per heavy atom. The Balaban J connectivity index is 1.51. The number of nitrogens with zero attached hydrogens (tertiary/aromatic N) is 4. The van der Waals surface area contributed by atoms with Crippen LogP contribution in [0.4, 0.5) is 10.1 Å². The lowest BCUT2D eigenvalue weighted by Gasteiger charge is -2.33. The zero-order chi connectivity index (χ0) is 23.6. The van der Waals surface area contributed by atoms with Crippen molar-refractivity contribution >= 4 is 21.6 Å². The van der Waals surface area contributed by atoms with Crippen LogP contribution in [0.3, 0.4) is 0 Å². The number of likely N-dealkylation sites (N-methyl/N-ethyl adjacent to an activating group) is 1. The van der Waals surface area contributed by atoms with Crippen LogP contribution in [0.2, 0.25) is 0 Å². The van der Waals surface area contributed by atoms with Gasteiger partial charge in [0.15, 0.2) is 0 Å². The molecule has 0 radical (unpaired) electrons. The van der Waals surface area contributed by atoms with Gasteiger partial charge in [0.25, 0.3) is 5.91 Å². The minimum atomic E-state index is -3.65. The molecule has 0 saturated carbocycles. The fraction of sp³-hybridized carbons (Fsp3) is 0.304. The van der Waals surface area contributed by atoms with E-state index in [0.29, 0.717) is 48.8 Å². The second-order valence-corrected chi connectivity index (χ2v) is 9.79. The maximum atomic E-state index is 13.2. The Labute approximate surface area is 192 Å². The van der Waals surface area contributed by atoms with Crippen molar-refractivity contribution in [2.24, 2.45) is 0 Å². The Morgan fingerprint density at radius 2 is 1.79 bits per heavy atom. The molecule has 1 N–H and O–H groups in total. The SMILES string of the molecule is CCN1CCN(S(=O)(=O)c2cccc(NC(=O)c3cnn(-c4ccc(F)cc4)c3C)c2)CC1. The van der Waals surface area contributed by atoms with E-state index >= 15 is 0 Å². The molecule has 1 aliphatic rings. The molecule has 4 rings (SSSR count). The average molecular weight is 472 g/mol. The average Bonchev–Trinajstić information content (AvgIpc) is 3.21. The molecule has 2 aromatic carbocycles. The molecular formula is C23H26FN5O3S. The van der Waals surface area contributed by atoms with Crippen LogP contribution in [-0.4, -0.2) is 66.0 Å². The van der Waals surface area contributed by atoms with Gasteiger partial charge in [0, 0.05) is 31.9 Å². The monoisotopic (exact) mass is 471 g/mol. The van der Waals surface area contributed by atoms with Crippen LogP contribution in [0, 0.1) is 12.7 Å². The summed E-state index contributed by atoms with van der Waals surface area (Å²) in [5, 5.41) is 7.00. The number of piperazine rings is 1. The van der Waals surface area contributed by atoms with Crippen LogP contribution in [0.25, 0.3) is 5.69 Å². The number of amides is 1. The standard InChI is InChI=1S/C23H26FN5O3S/c1-3-27-11-13-28(14-12-27)33(31,32)21-6-4-5-19(15-21)26-23(30)22-16-25-29(17(22)2)20-9-7-18(24)8-10-20/h4-10,15-16H,3,11-14H2,1-2H3,(H,26,30). The molecule has 2 heterocycles. The van der Waals surface area contributed by atoms with E-state index in [2.05, 4.69) is 22.2 Å². The van der Waals surface area contributed by atoms with Gasteiger partial charge in [0.2, 0.25) is 10.0 Å². The number of hydrogen-bond acceptors (Lipinski definition) is 5. The fourth-order valence-electron chi connectivity index (χ4n) is 3.84. The molecule has 10 heteroatoms. The zero-order valence-corrected chi connectivity index (χ0v) is 19.3. The Morgan fingerprint density at radius 3 is 2.45 bits per heavy atom. The highest BCUT2D eigenvalue weighted by Crippen LogP contribution is 2.22. The van der Waals surface area contributed by atoms with Crippen molar-refractivity contribution in [1.29, 1.82) is 0 Å². The van der Waals surface area contributed by atoms with Gasteiger partial charge in [-0.2, -0.15) is 9.40 Å².